The zero-order valence-electron chi connectivity index (χ0n) is 13.4. The molecule has 0 radical (unpaired) electrons. The normalized spacial score (nSPS) is 14.1. The van der Waals surface area contributed by atoms with E-state index in [1.54, 1.807) is 18.2 Å². The van der Waals surface area contributed by atoms with Crippen LogP contribution in [0.1, 0.15) is 22.3 Å². The van der Waals surface area contributed by atoms with Crippen molar-refractivity contribution in [2.24, 2.45) is 0 Å². The average molecular weight is 383 g/mol. The molecule has 2 aromatic carbocycles. The number of carbonyl (C=O) groups is 1. The molecule has 5 nitrogen and oxygen atoms in total. The van der Waals surface area contributed by atoms with Gasteiger partial charge >= 0.3 is 0 Å². The summed E-state index contributed by atoms with van der Waals surface area (Å²) in [5.74, 6) is -1.36. The Bertz CT molecular complexity index is 927. The molecule has 1 heterocycles. The molecule has 0 saturated heterocycles. The van der Waals surface area contributed by atoms with E-state index in [0.29, 0.717) is 30.8 Å². The van der Waals surface area contributed by atoms with Crippen molar-refractivity contribution >= 4 is 38.9 Å². The van der Waals surface area contributed by atoms with Crippen LogP contribution in [0, 0.1) is 5.82 Å². The van der Waals surface area contributed by atoms with Gasteiger partial charge < -0.3 is 5.32 Å². The van der Waals surface area contributed by atoms with Gasteiger partial charge in [0.25, 0.3) is 5.91 Å². The maximum absolute atomic E-state index is 13.8. The fraction of sp³-hybridized carbons (Fsp3) is 0.235. The van der Waals surface area contributed by atoms with E-state index >= 15 is 0 Å². The van der Waals surface area contributed by atoms with Crippen LogP contribution in [0.15, 0.2) is 36.4 Å². The summed E-state index contributed by atoms with van der Waals surface area (Å²) in [4.78, 5) is 12.3. The number of fused-ring (bicyclic) bond motifs is 1. The molecule has 3 rings (SSSR count). The van der Waals surface area contributed by atoms with Crippen LogP contribution in [0.3, 0.4) is 0 Å². The lowest BCUT2D eigenvalue weighted by atomic mass is 10.0. The van der Waals surface area contributed by atoms with Gasteiger partial charge in [0, 0.05) is 12.2 Å². The van der Waals surface area contributed by atoms with Crippen LogP contribution in [-0.2, 0) is 16.4 Å². The van der Waals surface area contributed by atoms with Crippen LogP contribution in [0.5, 0.6) is 0 Å². The lowest BCUT2D eigenvalue weighted by Gasteiger charge is -2.29. The Labute approximate surface area is 150 Å². The van der Waals surface area contributed by atoms with E-state index in [4.69, 9.17) is 11.6 Å². The van der Waals surface area contributed by atoms with Crippen molar-refractivity contribution in [2.75, 3.05) is 22.4 Å². The minimum atomic E-state index is -3.35. The topological polar surface area (TPSA) is 66.5 Å². The summed E-state index contributed by atoms with van der Waals surface area (Å²) in [6, 6.07) is 8.98. The Morgan fingerprint density at radius 3 is 2.72 bits per heavy atom. The van der Waals surface area contributed by atoms with E-state index in [2.05, 4.69) is 5.32 Å². The number of aryl methyl sites for hydroxylation is 1. The van der Waals surface area contributed by atoms with E-state index in [1.165, 1.54) is 16.4 Å². The minimum Gasteiger partial charge on any atom is -0.322 e. The molecule has 0 atom stereocenters. The van der Waals surface area contributed by atoms with E-state index in [0.717, 1.165) is 17.9 Å². The zero-order valence-corrected chi connectivity index (χ0v) is 15.0. The maximum atomic E-state index is 13.8. The van der Waals surface area contributed by atoms with E-state index in [9.17, 15) is 17.6 Å². The molecular weight excluding hydrogens is 367 g/mol. The van der Waals surface area contributed by atoms with Crippen molar-refractivity contribution < 1.29 is 17.6 Å². The third-order valence-corrected chi connectivity index (χ3v) is 5.50. The first-order chi connectivity index (χ1) is 11.8. The minimum absolute atomic E-state index is 0.0266. The second-order valence-electron chi connectivity index (χ2n) is 5.83. The van der Waals surface area contributed by atoms with Gasteiger partial charge in [-0.05, 0) is 48.7 Å². The standard InChI is InChI=1S/C17H16ClFN2O3S/c1-25(23,24)21-9-3-4-11-10-12(7-8-15(11)21)20-17(22)16-13(18)5-2-6-14(16)19/h2,5-8,10H,3-4,9H2,1H3,(H,20,22). The van der Waals surface area contributed by atoms with Gasteiger partial charge in [-0.2, -0.15) is 0 Å². The molecule has 0 fully saturated rings. The molecule has 1 amide bonds. The highest BCUT2D eigenvalue weighted by molar-refractivity contribution is 7.92. The fourth-order valence-electron chi connectivity index (χ4n) is 2.89. The Balaban J connectivity index is 1.89. The van der Waals surface area contributed by atoms with Gasteiger partial charge in [0.2, 0.25) is 10.0 Å². The number of rotatable bonds is 3. The molecule has 0 aromatic heterocycles. The Hall–Kier alpha value is -2.12. The van der Waals surface area contributed by atoms with Gasteiger partial charge in [-0.25, -0.2) is 12.8 Å². The number of halogens is 2. The molecule has 1 N–H and O–H groups in total. The third-order valence-electron chi connectivity index (χ3n) is 4.00. The number of nitrogens with zero attached hydrogens (tertiary/aromatic N) is 1. The van der Waals surface area contributed by atoms with Gasteiger partial charge in [-0.15, -0.1) is 0 Å². The zero-order chi connectivity index (χ0) is 18.2. The molecule has 0 unspecified atom stereocenters. The van der Waals surface area contributed by atoms with Crippen LogP contribution in [0.2, 0.25) is 5.02 Å². The fourth-order valence-corrected chi connectivity index (χ4v) is 4.14. The summed E-state index contributed by atoms with van der Waals surface area (Å²) in [6.07, 6.45) is 2.56. The Morgan fingerprint density at radius 2 is 2.04 bits per heavy atom. The van der Waals surface area contributed by atoms with Gasteiger partial charge in [0.05, 0.1) is 22.5 Å². The Kier molecular flexibility index (Phi) is 4.71. The lowest BCUT2D eigenvalue weighted by Crippen LogP contribution is -2.34. The molecular formula is C17H16ClFN2O3S. The number of nitrogens with one attached hydrogen (secondary N) is 1. The van der Waals surface area contributed by atoms with Gasteiger partial charge in [-0.3, -0.25) is 9.10 Å². The van der Waals surface area contributed by atoms with Crippen LogP contribution in [0.25, 0.3) is 0 Å². The molecule has 0 spiro atoms. The second kappa shape index (κ2) is 6.65. The van der Waals surface area contributed by atoms with Gasteiger partial charge in [0.1, 0.15) is 5.82 Å². The predicted molar refractivity (Wildman–Crippen MR) is 96.3 cm³/mol. The van der Waals surface area contributed by atoms with Gasteiger partial charge in [-0.1, -0.05) is 17.7 Å². The smallest absolute Gasteiger partial charge is 0.260 e. The predicted octanol–water partition coefficient (Wildman–Crippen LogP) is 3.44. The lowest BCUT2D eigenvalue weighted by molar-refractivity contribution is 0.102. The van der Waals surface area contributed by atoms with E-state index < -0.39 is 21.7 Å². The number of hydrogen-bond acceptors (Lipinski definition) is 3. The molecule has 0 aliphatic carbocycles. The van der Waals surface area contributed by atoms with Crippen molar-refractivity contribution in [1.29, 1.82) is 0 Å². The van der Waals surface area contributed by atoms with E-state index in [1.807, 2.05) is 0 Å². The largest absolute Gasteiger partial charge is 0.322 e. The molecule has 2 aromatic rings. The maximum Gasteiger partial charge on any atom is 0.260 e. The molecule has 8 heteroatoms. The van der Waals surface area contributed by atoms with Crippen molar-refractivity contribution in [3.8, 4) is 0 Å². The number of carbonyl (C=O) groups excluding carboxylic acids is 1. The highest BCUT2D eigenvalue weighted by Gasteiger charge is 2.24. The summed E-state index contributed by atoms with van der Waals surface area (Å²) in [5.41, 5.74) is 1.66. The van der Waals surface area contributed by atoms with Crippen molar-refractivity contribution in [3.05, 3.63) is 58.4 Å². The van der Waals surface area contributed by atoms with Crippen LogP contribution >= 0.6 is 11.6 Å². The molecule has 0 saturated carbocycles. The molecule has 1 aliphatic rings. The third kappa shape index (κ3) is 3.62. The first kappa shape index (κ1) is 17.7. The number of amides is 1. The second-order valence-corrected chi connectivity index (χ2v) is 8.15. The summed E-state index contributed by atoms with van der Waals surface area (Å²) < 4.78 is 38.9. The first-order valence-electron chi connectivity index (χ1n) is 7.63. The van der Waals surface area contributed by atoms with Crippen LogP contribution < -0.4 is 9.62 Å². The molecule has 0 bridgehead atoms. The summed E-state index contributed by atoms with van der Waals surface area (Å²) in [6.45, 7) is 0.433. The molecule has 25 heavy (non-hydrogen) atoms. The van der Waals surface area contributed by atoms with Gasteiger partial charge in [0.15, 0.2) is 0 Å². The summed E-state index contributed by atoms with van der Waals surface area (Å²) >= 11 is 5.90. The van der Waals surface area contributed by atoms with E-state index in [-0.39, 0.29) is 10.6 Å². The monoisotopic (exact) mass is 382 g/mol. The summed E-state index contributed by atoms with van der Waals surface area (Å²) in [7, 11) is -3.35. The highest BCUT2D eigenvalue weighted by atomic mass is 35.5. The highest BCUT2D eigenvalue weighted by Crippen LogP contribution is 2.31. The van der Waals surface area contributed by atoms with Crippen molar-refractivity contribution in [1.82, 2.24) is 0 Å². The molecule has 132 valence electrons. The average Bonchev–Trinajstić information content (AvgIpc) is 2.53. The number of anilines is 2. The number of sulfonamides is 1. The quantitative estimate of drug-likeness (QED) is 0.884. The summed E-state index contributed by atoms with van der Waals surface area (Å²) in [5, 5.41) is 2.64. The van der Waals surface area contributed by atoms with Crippen LogP contribution in [-0.4, -0.2) is 27.1 Å². The molecule has 1 aliphatic heterocycles. The number of benzene rings is 2. The number of hydrogen-bond donors (Lipinski definition) is 1. The van der Waals surface area contributed by atoms with Crippen molar-refractivity contribution in [3.63, 3.8) is 0 Å². The Morgan fingerprint density at radius 1 is 1.28 bits per heavy atom. The van der Waals surface area contributed by atoms with Crippen LogP contribution in [0.4, 0.5) is 15.8 Å². The van der Waals surface area contributed by atoms with Crippen molar-refractivity contribution in [2.45, 2.75) is 12.8 Å². The SMILES string of the molecule is CS(=O)(=O)N1CCCc2cc(NC(=O)c3c(F)cccc3Cl)ccc21. The first-order valence-corrected chi connectivity index (χ1v) is 9.86.